The van der Waals surface area contributed by atoms with E-state index in [0.29, 0.717) is 6.04 Å². The minimum absolute atomic E-state index is 0.383. The highest BCUT2D eigenvalue weighted by atomic mass is 32.1. The molecule has 0 bridgehead atoms. The molecule has 0 amide bonds. The van der Waals surface area contributed by atoms with Crippen LogP contribution in [0.1, 0.15) is 27.8 Å². The first-order valence-electron chi connectivity index (χ1n) is 10.0. The van der Waals surface area contributed by atoms with E-state index in [4.69, 9.17) is 9.97 Å². The van der Waals surface area contributed by atoms with E-state index in [1.54, 1.807) is 6.20 Å². The van der Waals surface area contributed by atoms with Crippen molar-refractivity contribution in [3.63, 3.8) is 0 Å². The number of hydrogen-bond donors (Lipinski definition) is 2. The van der Waals surface area contributed by atoms with Crippen molar-refractivity contribution in [3.8, 4) is 11.4 Å². The predicted molar refractivity (Wildman–Crippen MR) is 121 cm³/mol. The van der Waals surface area contributed by atoms with Crippen molar-refractivity contribution in [1.29, 1.82) is 0 Å². The average molecular weight is 423 g/mol. The number of likely N-dealkylation sites (N-methyl/N-ethyl adjacent to an activating group) is 1. The first-order chi connectivity index (χ1) is 14.2. The van der Waals surface area contributed by atoms with Crippen LogP contribution in [0.4, 0.5) is 5.82 Å². The standard InChI is InChI=1S/C22H23N5S2/c1-27(2)16(18-9-5-11-28-18)13-24-21-19-15-7-3-8-17(15)29-22(19)26-20(25-21)14-6-4-10-23-12-14/h4-6,9-12,16H,3,7-8,13H2,1-2H3,(H,24,25,26)/p+1/t16-/m0/s1. The van der Waals surface area contributed by atoms with Gasteiger partial charge in [0.05, 0.1) is 30.9 Å². The van der Waals surface area contributed by atoms with Crippen LogP contribution >= 0.6 is 22.7 Å². The van der Waals surface area contributed by atoms with E-state index in [-0.39, 0.29) is 0 Å². The third-order valence-corrected chi connectivity index (χ3v) is 7.71. The average Bonchev–Trinajstić information content (AvgIpc) is 3.46. The Balaban J connectivity index is 1.56. The molecule has 5 nitrogen and oxygen atoms in total. The van der Waals surface area contributed by atoms with Crippen LogP contribution in [-0.4, -0.2) is 35.6 Å². The zero-order valence-electron chi connectivity index (χ0n) is 16.6. The summed E-state index contributed by atoms with van der Waals surface area (Å²) in [6.45, 7) is 0.839. The van der Waals surface area contributed by atoms with Crippen LogP contribution in [0.2, 0.25) is 0 Å². The number of hydrogen-bond acceptors (Lipinski definition) is 6. The molecule has 7 heteroatoms. The van der Waals surface area contributed by atoms with Gasteiger partial charge in [0, 0.05) is 22.8 Å². The molecule has 148 valence electrons. The number of anilines is 1. The molecule has 0 unspecified atom stereocenters. The summed E-state index contributed by atoms with van der Waals surface area (Å²) in [5, 5.41) is 7.09. The number of quaternary nitrogens is 1. The quantitative estimate of drug-likeness (QED) is 0.499. The highest BCUT2D eigenvalue weighted by Crippen LogP contribution is 2.40. The lowest BCUT2D eigenvalue weighted by Crippen LogP contribution is -3.06. The molecule has 1 atom stereocenters. The third-order valence-electron chi connectivity index (χ3n) is 5.54. The van der Waals surface area contributed by atoms with Gasteiger partial charge in [-0.25, -0.2) is 9.97 Å². The molecule has 4 aromatic rings. The fourth-order valence-corrected chi connectivity index (χ4v) is 6.24. The van der Waals surface area contributed by atoms with E-state index in [9.17, 15) is 0 Å². The Hall–Kier alpha value is -2.35. The van der Waals surface area contributed by atoms with E-state index in [1.165, 1.54) is 32.0 Å². The summed E-state index contributed by atoms with van der Waals surface area (Å²) in [6.07, 6.45) is 7.15. The Labute approximate surface area is 178 Å². The van der Waals surface area contributed by atoms with Gasteiger partial charge in [0.2, 0.25) is 0 Å². The first-order valence-corrected chi connectivity index (χ1v) is 11.7. The molecule has 0 aromatic carbocycles. The fourth-order valence-electron chi connectivity index (χ4n) is 4.03. The lowest BCUT2D eigenvalue weighted by atomic mass is 10.1. The van der Waals surface area contributed by atoms with Crippen LogP contribution in [0.15, 0.2) is 42.0 Å². The Morgan fingerprint density at radius 2 is 2.10 bits per heavy atom. The minimum Gasteiger partial charge on any atom is -0.363 e. The van der Waals surface area contributed by atoms with Gasteiger partial charge in [0.25, 0.3) is 0 Å². The van der Waals surface area contributed by atoms with Crippen LogP contribution in [-0.2, 0) is 12.8 Å². The van der Waals surface area contributed by atoms with E-state index < -0.39 is 0 Å². The van der Waals surface area contributed by atoms with Crippen molar-refractivity contribution >= 4 is 38.7 Å². The molecule has 0 radical (unpaired) electrons. The molecule has 29 heavy (non-hydrogen) atoms. The SMILES string of the molecule is C[NH+](C)[C@@H](CNc1nc(-c2cccnc2)nc2sc3c(c12)CCC3)c1cccs1. The molecule has 2 N–H and O–H groups in total. The summed E-state index contributed by atoms with van der Waals surface area (Å²) in [5.41, 5.74) is 2.41. The molecule has 4 aromatic heterocycles. The van der Waals surface area contributed by atoms with Gasteiger partial charge in [-0.1, -0.05) is 6.07 Å². The summed E-state index contributed by atoms with van der Waals surface area (Å²) in [7, 11) is 4.43. The van der Waals surface area contributed by atoms with Crippen LogP contribution in [0, 0.1) is 0 Å². The van der Waals surface area contributed by atoms with Crippen molar-refractivity contribution in [2.24, 2.45) is 0 Å². The van der Waals surface area contributed by atoms with Gasteiger partial charge in [-0.15, -0.1) is 22.7 Å². The van der Waals surface area contributed by atoms with Gasteiger partial charge in [0.1, 0.15) is 16.7 Å². The number of aryl methyl sites for hydroxylation is 2. The van der Waals surface area contributed by atoms with Crippen molar-refractivity contribution in [1.82, 2.24) is 15.0 Å². The summed E-state index contributed by atoms with van der Waals surface area (Å²) >= 11 is 3.65. The van der Waals surface area contributed by atoms with Gasteiger partial charge >= 0.3 is 0 Å². The lowest BCUT2D eigenvalue weighted by Gasteiger charge is -2.21. The first kappa shape index (κ1) is 18.7. The second-order valence-electron chi connectivity index (χ2n) is 7.70. The maximum atomic E-state index is 4.97. The largest absolute Gasteiger partial charge is 0.363 e. The Bertz CT molecular complexity index is 1120. The number of fused-ring (bicyclic) bond motifs is 3. The van der Waals surface area contributed by atoms with Gasteiger partial charge in [0.15, 0.2) is 5.82 Å². The van der Waals surface area contributed by atoms with Crippen LogP contribution in [0.25, 0.3) is 21.6 Å². The van der Waals surface area contributed by atoms with Crippen LogP contribution in [0.3, 0.4) is 0 Å². The zero-order chi connectivity index (χ0) is 19.8. The molecule has 1 aliphatic rings. The minimum atomic E-state index is 0.383. The van der Waals surface area contributed by atoms with Gasteiger partial charge < -0.3 is 10.2 Å². The fraction of sp³-hybridized carbons (Fsp3) is 0.318. The Kier molecular flexibility index (Phi) is 5.03. The van der Waals surface area contributed by atoms with Crippen molar-refractivity contribution in [2.75, 3.05) is 26.0 Å². The summed E-state index contributed by atoms with van der Waals surface area (Å²) < 4.78 is 0. The summed E-state index contributed by atoms with van der Waals surface area (Å²) in [5.74, 6) is 1.72. The number of nitrogens with zero attached hydrogens (tertiary/aromatic N) is 3. The smallest absolute Gasteiger partial charge is 0.164 e. The predicted octanol–water partition coefficient (Wildman–Crippen LogP) is 3.60. The molecule has 0 spiro atoms. The van der Waals surface area contributed by atoms with Crippen molar-refractivity contribution < 1.29 is 4.90 Å². The van der Waals surface area contributed by atoms with Crippen LogP contribution in [0.5, 0.6) is 0 Å². The highest BCUT2D eigenvalue weighted by molar-refractivity contribution is 7.19. The number of nitrogens with one attached hydrogen (secondary N) is 2. The number of thiophene rings is 2. The molecule has 0 fully saturated rings. The monoisotopic (exact) mass is 422 g/mol. The van der Waals surface area contributed by atoms with Gasteiger partial charge in [-0.05, 0) is 48.4 Å². The third kappa shape index (κ3) is 3.54. The Morgan fingerprint density at radius 3 is 2.86 bits per heavy atom. The number of rotatable bonds is 6. The second kappa shape index (κ2) is 7.82. The van der Waals surface area contributed by atoms with Crippen molar-refractivity contribution in [2.45, 2.75) is 25.3 Å². The topological polar surface area (TPSA) is 55.1 Å². The molecule has 0 aliphatic heterocycles. The molecular formula is C22H24N5S2+. The molecular weight excluding hydrogens is 398 g/mol. The Morgan fingerprint density at radius 1 is 1.17 bits per heavy atom. The molecule has 4 heterocycles. The van der Waals surface area contributed by atoms with Crippen LogP contribution < -0.4 is 10.2 Å². The van der Waals surface area contributed by atoms with E-state index in [0.717, 1.165) is 41.4 Å². The van der Waals surface area contributed by atoms with Gasteiger partial charge in [-0.3, -0.25) is 4.98 Å². The van der Waals surface area contributed by atoms with Gasteiger partial charge in [-0.2, -0.15) is 0 Å². The maximum Gasteiger partial charge on any atom is 0.164 e. The normalized spacial score (nSPS) is 14.4. The van der Waals surface area contributed by atoms with E-state index in [2.05, 4.69) is 41.9 Å². The lowest BCUT2D eigenvalue weighted by molar-refractivity contribution is -0.889. The molecule has 5 rings (SSSR count). The maximum absolute atomic E-state index is 4.97. The van der Waals surface area contributed by atoms with E-state index >= 15 is 0 Å². The summed E-state index contributed by atoms with van der Waals surface area (Å²) in [6, 6.07) is 8.70. The molecule has 1 aliphatic carbocycles. The molecule has 0 saturated heterocycles. The zero-order valence-corrected chi connectivity index (χ0v) is 18.2. The summed E-state index contributed by atoms with van der Waals surface area (Å²) in [4.78, 5) is 19.5. The van der Waals surface area contributed by atoms with Crippen molar-refractivity contribution in [3.05, 3.63) is 57.4 Å². The number of aromatic nitrogens is 3. The number of pyridine rings is 1. The molecule has 0 saturated carbocycles. The second-order valence-corrected chi connectivity index (χ2v) is 9.76. The highest BCUT2D eigenvalue weighted by Gasteiger charge is 2.24. The van der Waals surface area contributed by atoms with E-state index in [1.807, 2.05) is 41.0 Å².